The third-order valence-corrected chi connectivity index (χ3v) is 3.73. The van der Waals surface area contributed by atoms with Gasteiger partial charge in [0.2, 0.25) is 0 Å². The van der Waals surface area contributed by atoms with E-state index in [1.165, 1.54) is 12.1 Å². The maximum atomic E-state index is 13.9. The van der Waals surface area contributed by atoms with Crippen LogP contribution in [0.15, 0.2) is 21.8 Å². The Labute approximate surface area is 154 Å². The minimum Gasteiger partial charge on any atom is -0.481 e. The van der Waals surface area contributed by atoms with E-state index in [-0.39, 0.29) is 29.5 Å². The number of hydrogen-bond acceptors (Lipinski definition) is 6. The molecule has 0 aliphatic carbocycles. The van der Waals surface area contributed by atoms with Crippen LogP contribution in [-0.2, 0) is 19.1 Å². The number of halogens is 2. The molecule has 0 fully saturated rings. The fourth-order valence-electron chi connectivity index (χ4n) is 2.22. The summed E-state index contributed by atoms with van der Waals surface area (Å²) in [5.74, 6) is -0.899. The summed E-state index contributed by atoms with van der Waals surface area (Å²) in [6.07, 6.45) is -0.383. The average molecular weight is 418 g/mol. The molecule has 6 nitrogen and oxygen atoms in total. The van der Waals surface area contributed by atoms with Crippen molar-refractivity contribution in [3.05, 3.63) is 28.0 Å². The quantitative estimate of drug-likeness (QED) is 0.663. The Morgan fingerprint density at radius 2 is 2.16 bits per heavy atom. The normalized spacial score (nSPS) is 17.0. The van der Waals surface area contributed by atoms with Crippen LogP contribution in [0.5, 0.6) is 5.75 Å². The molecule has 8 heteroatoms. The van der Waals surface area contributed by atoms with Gasteiger partial charge in [-0.25, -0.2) is 9.18 Å². The molecule has 0 saturated heterocycles. The molecule has 0 radical (unpaired) electrons. The molecule has 0 amide bonds. The number of ether oxygens (including phenoxy) is 3. The van der Waals surface area contributed by atoms with Crippen LogP contribution in [-0.4, -0.2) is 43.2 Å². The second-order valence-corrected chi connectivity index (χ2v) is 7.21. The van der Waals surface area contributed by atoms with E-state index in [9.17, 15) is 9.18 Å². The van der Waals surface area contributed by atoms with Crippen LogP contribution in [0.3, 0.4) is 0 Å². The molecule has 1 aromatic carbocycles. The Bertz CT molecular complexity index is 672. The van der Waals surface area contributed by atoms with Crippen LogP contribution in [0, 0.1) is 5.82 Å². The third kappa shape index (κ3) is 5.40. The van der Waals surface area contributed by atoms with Gasteiger partial charge in [0.25, 0.3) is 0 Å². The van der Waals surface area contributed by atoms with Gasteiger partial charge in [0.1, 0.15) is 35.6 Å². The van der Waals surface area contributed by atoms with E-state index in [0.29, 0.717) is 17.9 Å². The van der Waals surface area contributed by atoms with Gasteiger partial charge < -0.3 is 19.0 Å². The first-order valence-corrected chi connectivity index (χ1v) is 8.66. The van der Waals surface area contributed by atoms with E-state index in [4.69, 9.17) is 19.0 Å². The van der Waals surface area contributed by atoms with Crippen molar-refractivity contribution in [1.29, 1.82) is 0 Å². The van der Waals surface area contributed by atoms with E-state index in [2.05, 4.69) is 21.1 Å². The maximum absolute atomic E-state index is 13.9. The van der Waals surface area contributed by atoms with Crippen molar-refractivity contribution >= 4 is 27.6 Å². The lowest BCUT2D eigenvalue weighted by molar-refractivity contribution is -0.157. The number of nitrogens with zero attached hydrogens (tertiary/aromatic N) is 1. The molecule has 1 aromatic rings. The van der Waals surface area contributed by atoms with Crippen LogP contribution in [0.25, 0.3) is 0 Å². The van der Waals surface area contributed by atoms with Crippen LogP contribution >= 0.6 is 15.9 Å². The highest BCUT2D eigenvalue weighted by molar-refractivity contribution is 9.10. The fourth-order valence-corrected chi connectivity index (χ4v) is 2.56. The van der Waals surface area contributed by atoms with Crippen LogP contribution in [0.1, 0.15) is 33.3 Å². The molecule has 1 heterocycles. The van der Waals surface area contributed by atoms with E-state index in [0.717, 1.165) is 0 Å². The first kappa shape index (κ1) is 19.7. The van der Waals surface area contributed by atoms with Gasteiger partial charge in [0, 0.05) is 18.2 Å². The highest BCUT2D eigenvalue weighted by atomic mass is 79.9. The van der Waals surface area contributed by atoms with Crippen molar-refractivity contribution in [2.75, 3.05) is 19.8 Å². The number of rotatable bonds is 6. The topological polar surface area (TPSA) is 66.3 Å². The second kappa shape index (κ2) is 8.14. The molecular formula is C17H21BrFNO5. The van der Waals surface area contributed by atoms with Crippen molar-refractivity contribution in [2.24, 2.45) is 5.16 Å². The third-order valence-electron chi connectivity index (χ3n) is 3.13. The van der Waals surface area contributed by atoms with Gasteiger partial charge in [0.15, 0.2) is 6.61 Å². The van der Waals surface area contributed by atoms with Crippen molar-refractivity contribution < 1.29 is 28.2 Å². The molecule has 1 aliphatic rings. The summed E-state index contributed by atoms with van der Waals surface area (Å²) < 4.78 is 30.4. The predicted octanol–water partition coefficient (Wildman–Crippen LogP) is 3.45. The lowest BCUT2D eigenvalue weighted by atomic mass is 10.0. The first-order chi connectivity index (χ1) is 11.7. The molecule has 138 valence electrons. The monoisotopic (exact) mass is 417 g/mol. The Morgan fingerprint density at radius 3 is 2.80 bits per heavy atom. The van der Waals surface area contributed by atoms with Gasteiger partial charge in [-0.05, 0) is 49.7 Å². The Hall–Kier alpha value is -1.67. The summed E-state index contributed by atoms with van der Waals surface area (Å²) in [5, 5.41) is 3.98. The SMILES string of the molecule is CCOC1CON=C1c1cc(Br)c(F)cc1OCC(=O)OC(C)(C)C. The molecule has 0 N–H and O–H groups in total. The van der Waals surface area contributed by atoms with Crippen LogP contribution < -0.4 is 4.74 Å². The fraction of sp³-hybridized carbons (Fsp3) is 0.529. The zero-order valence-corrected chi connectivity index (χ0v) is 16.2. The predicted molar refractivity (Wildman–Crippen MR) is 93.3 cm³/mol. The number of oxime groups is 1. The van der Waals surface area contributed by atoms with Crippen molar-refractivity contribution in [3.63, 3.8) is 0 Å². The molecule has 25 heavy (non-hydrogen) atoms. The zero-order chi connectivity index (χ0) is 18.6. The van der Waals surface area contributed by atoms with Crippen molar-refractivity contribution in [1.82, 2.24) is 0 Å². The molecule has 1 aliphatic heterocycles. The minimum atomic E-state index is -0.627. The van der Waals surface area contributed by atoms with Gasteiger partial charge in [-0.1, -0.05) is 5.16 Å². The summed E-state index contributed by atoms with van der Waals surface area (Å²) in [6, 6.07) is 2.72. The summed E-state index contributed by atoms with van der Waals surface area (Å²) in [5.41, 5.74) is 0.354. The van der Waals surface area contributed by atoms with E-state index in [1.54, 1.807) is 20.8 Å². The zero-order valence-electron chi connectivity index (χ0n) is 14.6. The van der Waals surface area contributed by atoms with Gasteiger partial charge in [0.05, 0.1) is 4.47 Å². The van der Waals surface area contributed by atoms with Gasteiger partial charge in [-0.15, -0.1) is 0 Å². The van der Waals surface area contributed by atoms with E-state index < -0.39 is 17.4 Å². The molecule has 0 bridgehead atoms. The number of benzene rings is 1. The maximum Gasteiger partial charge on any atom is 0.344 e. The summed E-state index contributed by atoms with van der Waals surface area (Å²) >= 11 is 3.15. The molecule has 0 aromatic heterocycles. The summed E-state index contributed by atoms with van der Waals surface area (Å²) in [6.45, 7) is 7.52. The Morgan fingerprint density at radius 1 is 1.44 bits per heavy atom. The second-order valence-electron chi connectivity index (χ2n) is 6.35. The minimum absolute atomic E-state index is 0.167. The van der Waals surface area contributed by atoms with Crippen LogP contribution in [0.2, 0.25) is 0 Å². The number of carbonyl (C=O) groups is 1. The number of hydrogen-bond donors (Lipinski definition) is 0. The smallest absolute Gasteiger partial charge is 0.344 e. The molecule has 1 atom stereocenters. The lowest BCUT2D eigenvalue weighted by Crippen LogP contribution is -2.28. The van der Waals surface area contributed by atoms with E-state index in [1.807, 2.05) is 6.92 Å². The average Bonchev–Trinajstić information content (AvgIpc) is 2.95. The highest BCUT2D eigenvalue weighted by Crippen LogP contribution is 2.30. The molecule has 2 rings (SSSR count). The van der Waals surface area contributed by atoms with Crippen molar-refractivity contribution in [2.45, 2.75) is 39.4 Å². The van der Waals surface area contributed by atoms with Gasteiger partial charge in [-0.2, -0.15) is 0 Å². The highest BCUT2D eigenvalue weighted by Gasteiger charge is 2.29. The molecule has 0 saturated carbocycles. The summed E-state index contributed by atoms with van der Waals surface area (Å²) in [7, 11) is 0. The molecule has 1 unspecified atom stereocenters. The van der Waals surface area contributed by atoms with E-state index >= 15 is 0 Å². The summed E-state index contributed by atoms with van der Waals surface area (Å²) in [4.78, 5) is 17.0. The van der Waals surface area contributed by atoms with Crippen molar-refractivity contribution in [3.8, 4) is 5.75 Å². The molecular weight excluding hydrogens is 397 g/mol. The molecule has 0 spiro atoms. The Balaban J connectivity index is 2.23. The van der Waals surface area contributed by atoms with Crippen LogP contribution in [0.4, 0.5) is 4.39 Å². The Kier molecular flexibility index (Phi) is 6.40. The van der Waals surface area contributed by atoms with Gasteiger partial charge in [-0.3, -0.25) is 0 Å². The largest absolute Gasteiger partial charge is 0.481 e. The lowest BCUT2D eigenvalue weighted by Gasteiger charge is -2.20. The first-order valence-electron chi connectivity index (χ1n) is 7.86. The van der Waals surface area contributed by atoms with Gasteiger partial charge >= 0.3 is 5.97 Å². The standard InChI is InChI=1S/C17H21BrFNO5/c1-5-22-14-8-24-20-16(14)10-6-11(18)12(19)7-13(10)23-9-15(21)25-17(2,3)4/h6-7,14H,5,8-9H2,1-4H3. The number of carbonyl (C=O) groups excluding carboxylic acids is 1. The number of esters is 1.